The van der Waals surface area contributed by atoms with E-state index in [1.807, 2.05) is 37.3 Å². The molecule has 1 saturated carbocycles. The van der Waals surface area contributed by atoms with Crippen LogP contribution in [0.4, 0.5) is 0 Å². The summed E-state index contributed by atoms with van der Waals surface area (Å²) in [7, 11) is -1.21. The molecule has 0 heterocycles. The fraction of sp³-hybridized carbons (Fsp3) is 0.467. The van der Waals surface area contributed by atoms with Crippen LogP contribution < -0.4 is 0 Å². The normalized spacial score (nSPS) is 19.8. The Morgan fingerprint density at radius 2 is 1.83 bits per heavy atom. The van der Waals surface area contributed by atoms with Crippen molar-refractivity contribution >= 4 is 22.4 Å². The van der Waals surface area contributed by atoms with Gasteiger partial charge in [-0.25, -0.2) is 4.21 Å². The minimum absolute atomic E-state index is 0.491. The SMILES string of the molecule is Cc1ccc(S(=O)/C(Cl)=C/C2CCCCC2)cc1. The van der Waals surface area contributed by atoms with Gasteiger partial charge in [0.25, 0.3) is 0 Å². The second-order valence-electron chi connectivity index (χ2n) is 4.95. The van der Waals surface area contributed by atoms with E-state index in [4.69, 9.17) is 11.6 Å². The summed E-state index contributed by atoms with van der Waals surface area (Å²) < 4.78 is 12.7. The van der Waals surface area contributed by atoms with Gasteiger partial charge in [0.1, 0.15) is 4.36 Å². The highest BCUT2D eigenvalue weighted by molar-refractivity contribution is 7.90. The Balaban J connectivity index is 2.07. The predicted molar refractivity (Wildman–Crippen MR) is 78.1 cm³/mol. The van der Waals surface area contributed by atoms with Crippen LogP contribution in [0.5, 0.6) is 0 Å². The second kappa shape index (κ2) is 6.53. The molecule has 0 amide bonds. The lowest BCUT2D eigenvalue weighted by Gasteiger charge is -2.18. The average Bonchev–Trinajstić information content (AvgIpc) is 2.40. The molecule has 0 spiro atoms. The molecule has 0 saturated heterocycles. The molecule has 0 aromatic heterocycles. The van der Waals surface area contributed by atoms with Gasteiger partial charge in [-0.1, -0.05) is 54.6 Å². The minimum Gasteiger partial charge on any atom is -0.248 e. The second-order valence-corrected chi connectivity index (χ2v) is 7.03. The first-order valence-electron chi connectivity index (χ1n) is 6.52. The van der Waals surface area contributed by atoms with Crippen molar-refractivity contribution in [3.63, 3.8) is 0 Å². The smallest absolute Gasteiger partial charge is 0.106 e. The zero-order chi connectivity index (χ0) is 13.0. The Kier molecular flexibility index (Phi) is 5.02. The molecule has 3 heteroatoms. The third-order valence-electron chi connectivity index (χ3n) is 3.43. The molecular weight excluding hydrogens is 264 g/mol. The van der Waals surface area contributed by atoms with Crippen LogP contribution in [-0.2, 0) is 10.8 Å². The Hall–Kier alpha value is -0.600. The molecule has 1 nitrogen and oxygen atoms in total. The number of allylic oxidation sites excluding steroid dienone is 1. The molecule has 1 aromatic carbocycles. The Morgan fingerprint density at radius 3 is 2.44 bits per heavy atom. The van der Waals surface area contributed by atoms with Crippen molar-refractivity contribution in [2.45, 2.75) is 43.9 Å². The van der Waals surface area contributed by atoms with Gasteiger partial charge in [-0.2, -0.15) is 0 Å². The summed E-state index contributed by atoms with van der Waals surface area (Å²) in [6.07, 6.45) is 8.23. The van der Waals surface area contributed by atoms with Crippen molar-refractivity contribution < 1.29 is 4.21 Å². The van der Waals surface area contributed by atoms with Crippen LogP contribution in [0.25, 0.3) is 0 Å². The number of halogens is 1. The molecule has 1 unspecified atom stereocenters. The van der Waals surface area contributed by atoms with Crippen LogP contribution in [0, 0.1) is 12.8 Å². The van der Waals surface area contributed by atoms with Crippen molar-refractivity contribution in [2.75, 3.05) is 0 Å². The molecule has 0 N–H and O–H groups in total. The van der Waals surface area contributed by atoms with Gasteiger partial charge >= 0.3 is 0 Å². The number of aryl methyl sites for hydroxylation is 1. The number of rotatable bonds is 3. The maximum absolute atomic E-state index is 12.2. The van der Waals surface area contributed by atoms with Crippen LogP contribution in [0.1, 0.15) is 37.7 Å². The van der Waals surface area contributed by atoms with Gasteiger partial charge in [0.2, 0.25) is 0 Å². The Morgan fingerprint density at radius 1 is 1.22 bits per heavy atom. The van der Waals surface area contributed by atoms with E-state index in [0.29, 0.717) is 10.3 Å². The monoisotopic (exact) mass is 282 g/mol. The summed E-state index contributed by atoms with van der Waals surface area (Å²) in [6.45, 7) is 2.02. The zero-order valence-electron chi connectivity index (χ0n) is 10.7. The van der Waals surface area contributed by atoms with Gasteiger partial charge in [-0.15, -0.1) is 0 Å². The lowest BCUT2D eigenvalue weighted by Crippen LogP contribution is -2.04. The molecule has 1 aliphatic carbocycles. The molecule has 2 rings (SSSR count). The molecular formula is C15H19ClOS. The maximum atomic E-state index is 12.2. The topological polar surface area (TPSA) is 17.1 Å². The lowest BCUT2D eigenvalue weighted by molar-refractivity contribution is 0.419. The quantitative estimate of drug-likeness (QED) is 0.781. The molecule has 1 aliphatic rings. The summed E-state index contributed by atoms with van der Waals surface area (Å²) in [4.78, 5) is 0.789. The molecule has 1 fully saturated rings. The first kappa shape index (κ1) is 13.8. The molecule has 98 valence electrons. The summed E-state index contributed by atoms with van der Waals surface area (Å²) in [5.41, 5.74) is 1.17. The highest BCUT2D eigenvalue weighted by Crippen LogP contribution is 2.28. The fourth-order valence-electron chi connectivity index (χ4n) is 2.32. The Bertz CT molecular complexity index is 444. The van der Waals surface area contributed by atoms with Crippen molar-refractivity contribution in [3.05, 3.63) is 40.3 Å². The highest BCUT2D eigenvalue weighted by atomic mass is 35.5. The molecule has 0 bridgehead atoms. The largest absolute Gasteiger partial charge is 0.248 e. The third kappa shape index (κ3) is 3.69. The van der Waals surface area contributed by atoms with Crippen molar-refractivity contribution in [3.8, 4) is 0 Å². The fourth-order valence-corrected chi connectivity index (χ4v) is 3.69. The maximum Gasteiger partial charge on any atom is 0.106 e. The van der Waals surface area contributed by atoms with Gasteiger partial charge in [0, 0.05) is 4.90 Å². The summed E-state index contributed by atoms with van der Waals surface area (Å²) in [5.74, 6) is 0.514. The molecule has 1 atom stereocenters. The zero-order valence-corrected chi connectivity index (χ0v) is 12.3. The number of benzene rings is 1. The van der Waals surface area contributed by atoms with Gasteiger partial charge in [0.05, 0.1) is 10.8 Å². The predicted octanol–water partition coefficient (Wildman–Crippen LogP) is 4.76. The third-order valence-corrected chi connectivity index (χ3v) is 5.17. The van der Waals surface area contributed by atoms with Crippen LogP contribution in [0.15, 0.2) is 39.6 Å². The van der Waals surface area contributed by atoms with E-state index in [2.05, 4.69) is 0 Å². The first-order chi connectivity index (χ1) is 8.66. The van der Waals surface area contributed by atoms with Crippen LogP contribution in [-0.4, -0.2) is 4.21 Å². The average molecular weight is 283 g/mol. The number of hydrogen-bond donors (Lipinski definition) is 0. The van der Waals surface area contributed by atoms with Crippen molar-refractivity contribution in [1.29, 1.82) is 0 Å². The van der Waals surface area contributed by atoms with E-state index in [0.717, 1.165) is 4.90 Å². The van der Waals surface area contributed by atoms with Gasteiger partial charge in [-0.05, 0) is 37.8 Å². The van der Waals surface area contributed by atoms with Crippen LogP contribution in [0.2, 0.25) is 0 Å². The summed E-state index contributed by atoms with van der Waals surface area (Å²) >= 11 is 6.20. The van der Waals surface area contributed by atoms with Crippen molar-refractivity contribution in [1.82, 2.24) is 0 Å². The minimum atomic E-state index is -1.21. The highest BCUT2D eigenvalue weighted by Gasteiger charge is 2.14. The summed E-state index contributed by atoms with van der Waals surface area (Å²) in [6, 6.07) is 7.72. The van der Waals surface area contributed by atoms with E-state index in [1.54, 1.807) is 0 Å². The standard InChI is InChI=1S/C15H19ClOS/c1-12-7-9-14(10-8-12)18(17)15(16)11-13-5-3-2-4-6-13/h7-11,13H,2-6H2,1H3/b15-11+. The lowest BCUT2D eigenvalue weighted by atomic mass is 9.90. The number of hydrogen-bond acceptors (Lipinski definition) is 1. The molecule has 1 aromatic rings. The van der Waals surface area contributed by atoms with Gasteiger partial charge < -0.3 is 0 Å². The van der Waals surface area contributed by atoms with Crippen molar-refractivity contribution in [2.24, 2.45) is 5.92 Å². The van der Waals surface area contributed by atoms with E-state index in [-0.39, 0.29) is 0 Å². The molecule has 18 heavy (non-hydrogen) atoms. The van der Waals surface area contributed by atoms with Crippen LogP contribution >= 0.6 is 11.6 Å². The van der Waals surface area contributed by atoms with E-state index in [9.17, 15) is 4.21 Å². The van der Waals surface area contributed by atoms with Gasteiger partial charge in [0.15, 0.2) is 0 Å². The van der Waals surface area contributed by atoms with E-state index >= 15 is 0 Å². The van der Waals surface area contributed by atoms with E-state index < -0.39 is 10.8 Å². The summed E-state index contributed by atoms with van der Waals surface area (Å²) in [5, 5.41) is 0. The molecule has 0 aliphatic heterocycles. The van der Waals surface area contributed by atoms with Crippen LogP contribution in [0.3, 0.4) is 0 Å². The van der Waals surface area contributed by atoms with Gasteiger partial charge in [-0.3, -0.25) is 0 Å². The van der Waals surface area contributed by atoms with E-state index in [1.165, 1.54) is 37.7 Å². The molecule has 0 radical (unpaired) electrons. The first-order valence-corrected chi connectivity index (χ1v) is 8.05. The Labute approximate surface area is 117 Å².